The number of fused-ring (bicyclic) bond motifs is 1. The van der Waals surface area contributed by atoms with Gasteiger partial charge in [-0.05, 0) is 45.9 Å². The number of thiophene rings is 1. The molecule has 2 aromatic rings. The van der Waals surface area contributed by atoms with Gasteiger partial charge in [0.2, 0.25) is 0 Å². The maximum absolute atomic E-state index is 9.04. The molecule has 1 aromatic heterocycles. The molecule has 1 aromatic carbocycles. The van der Waals surface area contributed by atoms with E-state index < -0.39 is 7.12 Å². The van der Waals surface area contributed by atoms with E-state index in [0.717, 1.165) is 20.1 Å². The summed E-state index contributed by atoms with van der Waals surface area (Å²) in [5, 5.41) is 19.1. The van der Waals surface area contributed by atoms with Crippen molar-refractivity contribution in [2.75, 3.05) is 0 Å². The van der Waals surface area contributed by atoms with Gasteiger partial charge in [0.05, 0.1) is 0 Å². The van der Waals surface area contributed by atoms with Crippen LogP contribution in [0.15, 0.2) is 22.7 Å². The standard InChI is InChI=1S/C9H8BBrO2S/c1-5-2-6-4-8(10(12)13)14-9(6)7(11)3-5/h2-4,12-13H,1H3. The molecule has 2 nitrogen and oxygen atoms in total. The van der Waals surface area contributed by atoms with E-state index in [1.165, 1.54) is 11.3 Å². The van der Waals surface area contributed by atoms with Crippen LogP contribution in [-0.4, -0.2) is 17.2 Å². The summed E-state index contributed by atoms with van der Waals surface area (Å²) in [6, 6.07) is 5.86. The Hall–Kier alpha value is -0.355. The van der Waals surface area contributed by atoms with E-state index in [-0.39, 0.29) is 0 Å². The van der Waals surface area contributed by atoms with Crippen molar-refractivity contribution >= 4 is 49.2 Å². The molecule has 2 N–H and O–H groups in total. The third kappa shape index (κ3) is 1.73. The number of hydrogen-bond acceptors (Lipinski definition) is 3. The van der Waals surface area contributed by atoms with Crippen molar-refractivity contribution in [3.63, 3.8) is 0 Å². The molecule has 0 fully saturated rings. The zero-order valence-electron chi connectivity index (χ0n) is 7.49. The lowest BCUT2D eigenvalue weighted by atomic mass is 9.89. The van der Waals surface area contributed by atoms with Gasteiger partial charge in [0, 0.05) is 13.9 Å². The summed E-state index contributed by atoms with van der Waals surface area (Å²) in [6.07, 6.45) is 0. The molecule has 2 rings (SSSR count). The lowest BCUT2D eigenvalue weighted by Crippen LogP contribution is -2.26. The van der Waals surface area contributed by atoms with Gasteiger partial charge in [-0.25, -0.2) is 0 Å². The Morgan fingerprint density at radius 2 is 2.00 bits per heavy atom. The molecule has 0 saturated carbocycles. The lowest BCUT2D eigenvalue weighted by Gasteiger charge is -1.95. The van der Waals surface area contributed by atoms with Gasteiger partial charge in [0.1, 0.15) is 0 Å². The fraction of sp³-hybridized carbons (Fsp3) is 0.111. The van der Waals surface area contributed by atoms with Gasteiger partial charge in [-0.3, -0.25) is 0 Å². The molecule has 0 saturated heterocycles. The largest absolute Gasteiger partial charge is 0.499 e. The molecule has 0 aliphatic heterocycles. The van der Waals surface area contributed by atoms with E-state index in [4.69, 9.17) is 10.0 Å². The van der Waals surface area contributed by atoms with E-state index in [0.29, 0.717) is 4.78 Å². The first kappa shape index (κ1) is 10.2. The summed E-state index contributed by atoms with van der Waals surface area (Å²) >= 11 is 4.85. The molecule has 0 radical (unpaired) electrons. The summed E-state index contributed by atoms with van der Waals surface area (Å²) in [5.74, 6) is 0. The maximum atomic E-state index is 9.04. The second kappa shape index (κ2) is 3.66. The van der Waals surface area contributed by atoms with Crippen LogP contribution in [0.1, 0.15) is 5.56 Å². The van der Waals surface area contributed by atoms with Crippen LogP contribution < -0.4 is 4.78 Å². The highest BCUT2D eigenvalue weighted by Crippen LogP contribution is 2.29. The van der Waals surface area contributed by atoms with Crippen molar-refractivity contribution in [3.8, 4) is 0 Å². The van der Waals surface area contributed by atoms with Crippen molar-refractivity contribution < 1.29 is 10.0 Å². The minimum atomic E-state index is -1.38. The topological polar surface area (TPSA) is 40.5 Å². The average molecular weight is 271 g/mol. The second-order valence-corrected chi connectivity index (χ2v) is 5.13. The fourth-order valence-corrected chi connectivity index (χ4v) is 3.15. The van der Waals surface area contributed by atoms with E-state index in [2.05, 4.69) is 15.9 Å². The van der Waals surface area contributed by atoms with Crippen molar-refractivity contribution in [1.82, 2.24) is 0 Å². The molecule has 0 bridgehead atoms. The van der Waals surface area contributed by atoms with Crippen LogP contribution in [0, 0.1) is 6.92 Å². The van der Waals surface area contributed by atoms with Crippen LogP contribution in [0.4, 0.5) is 0 Å². The molecule has 0 unspecified atom stereocenters. The van der Waals surface area contributed by atoms with Crippen molar-refractivity contribution in [1.29, 1.82) is 0 Å². The molecular formula is C9H8BBrO2S. The maximum Gasteiger partial charge on any atom is 0.499 e. The molecule has 72 valence electrons. The Kier molecular flexibility index (Phi) is 2.66. The second-order valence-electron chi connectivity index (χ2n) is 3.19. The van der Waals surface area contributed by atoms with Crippen LogP contribution in [-0.2, 0) is 0 Å². The van der Waals surface area contributed by atoms with E-state index in [1.54, 1.807) is 0 Å². The zero-order chi connectivity index (χ0) is 10.3. The Morgan fingerprint density at radius 3 is 2.64 bits per heavy atom. The molecule has 0 atom stereocenters. The number of benzene rings is 1. The Morgan fingerprint density at radius 1 is 1.29 bits per heavy atom. The molecule has 0 aliphatic rings. The highest BCUT2D eigenvalue weighted by Gasteiger charge is 2.15. The highest BCUT2D eigenvalue weighted by atomic mass is 79.9. The third-order valence-electron chi connectivity index (χ3n) is 1.99. The highest BCUT2D eigenvalue weighted by molar-refractivity contribution is 9.10. The molecule has 0 aliphatic carbocycles. The Labute approximate surface area is 94.5 Å². The smallest absolute Gasteiger partial charge is 0.423 e. The lowest BCUT2D eigenvalue weighted by molar-refractivity contribution is 0.427. The van der Waals surface area contributed by atoms with Crippen LogP contribution in [0.3, 0.4) is 0 Å². The van der Waals surface area contributed by atoms with Crippen molar-refractivity contribution in [3.05, 3.63) is 28.2 Å². The fourth-order valence-electron chi connectivity index (χ4n) is 1.40. The minimum absolute atomic E-state index is 0.575. The van der Waals surface area contributed by atoms with Crippen LogP contribution in [0.5, 0.6) is 0 Å². The Balaban J connectivity index is 2.70. The van der Waals surface area contributed by atoms with E-state index in [1.807, 2.05) is 25.1 Å². The van der Waals surface area contributed by atoms with E-state index in [9.17, 15) is 0 Å². The van der Waals surface area contributed by atoms with E-state index >= 15 is 0 Å². The monoisotopic (exact) mass is 270 g/mol. The molecule has 1 heterocycles. The van der Waals surface area contributed by atoms with Crippen molar-refractivity contribution in [2.24, 2.45) is 0 Å². The predicted molar refractivity (Wildman–Crippen MR) is 64.1 cm³/mol. The van der Waals surface area contributed by atoms with Gasteiger partial charge in [-0.1, -0.05) is 6.07 Å². The predicted octanol–water partition coefficient (Wildman–Crippen LogP) is 1.65. The summed E-state index contributed by atoms with van der Waals surface area (Å²) in [7, 11) is -1.38. The van der Waals surface area contributed by atoms with Gasteiger partial charge in [0.15, 0.2) is 0 Å². The summed E-state index contributed by atoms with van der Waals surface area (Å²) < 4.78 is 2.63. The minimum Gasteiger partial charge on any atom is -0.423 e. The molecular weight excluding hydrogens is 263 g/mol. The quantitative estimate of drug-likeness (QED) is 0.774. The summed E-state index contributed by atoms with van der Waals surface area (Å²) in [6.45, 7) is 2.01. The summed E-state index contributed by atoms with van der Waals surface area (Å²) in [5.41, 5.74) is 1.15. The molecule has 5 heteroatoms. The molecule has 14 heavy (non-hydrogen) atoms. The van der Waals surface area contributed by atoms with Crippen molar-refractivity contribution in [2.45, 2.75) is 6.92 Å². The van der Waals surface area contributed by atoms with Gasteiger partial charge < -0.3 is 10.0 Å². The number of rotatable bonds is 1. The molecule has 0 amide bonds. The third-order valence-corrected chi connectivity index (χ3v) is 4.10. The number of halogens is 1. The number of aryl methyl sites for hydroxylation is 1. The summed E-state index contributed by atoms with van der Waals surface area (Å²) in [4.78, 5) is 0. The SMILES string of the molecule is Cc1cc(Br)c2sc(B(O)O)cc2c1. The van der Waals surface area contributed by atoms with Gasteiger partial charge in [-0.2, -0.15) is 0 Å². The molecule has 0 spiro atoms. The van der Waals surface area contributed by atoms with Gasteiger partial charge >= 0.3 is 7.12 Å². The van der Waals surface area contributed by atoms with Gasteiger partial charge in [0.25, 0.3) is 0 Å². The zero-order valence-corrected chi connectivity index (χ0v) is 9.89. The van der Waals surface area contributed by atoms with Crippen LogP contribution in [0.2, 0.25) is 0 Å². The van der Waals surface area contributed by atoms with Crippen LogP contribution in [0.25, 0.3) is 10.1 Å². The average Bonchev–Trinajstić information content (AvgIpc) is 2.47. The first-order valence-electron chi connectivity index (χ1n) is 4.13. The number of hydrogen-bond donors (Lipinski definition) is 2. The van der Waals surface area contributed by atoms with Crippen LogP contribution >= 0.6 is 27.3 Å². The normalized spacial score (nSPS) is 10.9. The first-order valence-corrected chi connectivity index (χ1v) is 5.74. The van der Waals surface area contributed by atoms with Gasteiger partial charge in [-0.15, -0.1) is 11.3 Å². The Bertz CT molecular complexity index is 481. The first-order chi connectivity index (χ1) is 6.58.